The number of carbonyl (C=O) groups excluding carboxylic acids is 1. The number of aromatic hydroxyl groups is 1. The van der Waals surface area contributed by atoms with E-state index in [1.807, 2.05) is 6.08 Å². The zero-order chi connectivity index (χ0) is 26.0. The number of fused-ring (bicyclic) bond motifs is 1. The number of phenolic OH excluding ortho intramolecular Hbond substituents is 1. The van der Waals surface area contributed by atoms with Crippen LogP contribution in [0.2, 0.25) is 0 Å². The first-order valence-electron chi connectivity index (χ1n) is 12.9. The number of benzene rings is 2. The van der Waals surface area contributed by atoms with Crippen LogP contribution < -0.4 is 14.8 Å². The van der Waals surface area contributed by atoms with Crippen molar-refractivity contribution in [3.63, 3.8) is 0 Å². The minimum absolute atomic E-state index is 0.0352. The van der Waals surface area contributed by atoms with E-state index in [-0.39, 0.29) is 11.7 Å². The smallest absolute Gasteiger partial charge is 0.243 e. The Balaban J connectivity index is 1.11. The summed E-state index contributed by atoms with van der Waals surface area (Å²) in [5.74, 6) is 1.15. The maximum Gasteiger partial charge on any atom is 0.243 e. The number of likely N-dealkylation sites (tertiary alicyclic amines) is 1. The van der Waals surface area contributed by atoms with E-state index in [1.165, 1.54) is 49.6 Å². The fourth-order valence-corrected chi connectivity index (χ4v) is 4.95. The third-order valence-corrected chi connectivity index (χ3v) is 7.00. The van der Waals surface area contributed by atoms with E-state index in [9.17, 15) is 9.90 Å². The molecule has 2 aromatic carbocycles. The van der Waals surface area contributed by atoms with Crippen molar-refractivity contribution in [3.05, 3.63) is 72.0 Å². The van der Waals surface area contributed by atoms with E-state index in [0.29, 0.717) is 24.0 Å². The average molecular weight is 504 g/mol. The lowest BCUT2D eigenvalue weighted by Gasteiger charge is -2.32. The molecule has 0 saturated carbocycles. The van der Waals surface area contributed by atoms with E-state index in [4.69, 9.17) is 9.47 Å². The average Bonchev–Trinajstić information content (AvgIpc) is 3.36. The molecule has 3 N–H and O–H groups in total. The number of H-pyrrole nitrogens is 1. The van der Waals surface area contributed by atoms with Crippen molar-refractivity contribution in [1.29, 1.82) is 0 Å². The predicted octanol–water partition coefficient (Wildman–Crippen LogP) is 5.24. The monoisotopic (exact) mass is 503 g/mol. The number of nitrogens with one attached hydrogen (secondary N) is 2. The van der Waals surface area contributed by atoms with Gasteiger partial charge in [-0.15, -0.1) is 0 Å². The number of piperidine rings is 1. The zero-order valence-corrected chi connectivity index (χ0v) is 21.7. The van der Waals surface area contributed by atoms with Crippen LogP contribution in [0.5, 0.6) is 17.2 Å². The summed E-state index contributed by atoms with van der Waals surface area (Å²) in [5, 5.41) is 14.3. The number of unbranched alkanes of at least 4 members (excludes halogenated alkanes) is 1. The molecule has 0 spiro atoms. The summed E-state index contributed by atoms with van der Waals surface area (Å²) in [7, 11) is 2.97. The first kappa shape index (κ1) is 26.4. The molecule has 1 aromatic heterocycles. The van der Waals surface area contributed by atoms with Crippen molar-refractivity contribution in [2.24, 2.45) is 0 Å². The van der Waals surface area contributed by atoms with Crippen LogP contribution in [-0.2, 0) is 4.79 Å². The lowest BCUT2D eigenvalue weighted by atomic mass is 9.89. The van der Waals surface area contributed by atoms with Gasteiger partial charge < -0.3 is 29.8 Å². The molecule has 7 heteroatoms. The lowest BCUT2D eigenvalue weighted by Crippen LogP contribution is -2.34. The standard InChI is InChI=1S/C30H37N3O4/c1-36-27-19-22(20-28(37-2)30(27)35)9-3-6-12-29(34)31-15-7-8-16-33-17-13-23(14-18-33)25-21-32-26-11-5-4-10-24(25)26/h3-6,9-12,19-21,23,32,35H,7-8,13-18H2,1-2H3,(H,31,34). The minimum Gasteiger partial charge on any atom is -0.502 e. The number of carbonyl (C=O) groups is 1. The SMILES string of the molecule is COc1cc(C=CC=CC(=O)NCCCCN2CCC(c3c[nH]c4ccccc34)CC2)cc(OC)c1O. The van der Waals surface area contributed by atoms with Gasteiger partial charge in [0.1, 0.15) is 0 Å². The number of ether oxygens (including phenoxy) is 2. The van der Waals surface area contributed by atoms with E-state index >= 15 is 0 Å². The number of phenols is 1. The molecule has 7 nitrogen and oxygen atoms in total. The Morgan fingerprint density at radius 1 is 1.11 bits per heavy atom. The number of para-hydroxylation sites is 1. The molecule has 1 amide bonds. The second kappa shape index (κ2) is 13.0. The summed E-state index contributed by atoms with van der Waals surface area (Å²) in [6.45, 7) is 4.01. The maximum absolute atomic E-state index is 12.1. The fourth-order valence-electron chi connectivity index (χ4n) is 4.95. The highest BCUT2D eigenvalue weighted by Crippen LogP contribution is 2.37. The molecule has 4 rings (SSSR count). The molecule has 1 aliphatic rings. The largest absolute Gasteiger partial charge is 0.502 e. The highest BCUT2D eigenvalue weighted by atomic mass is 16.5. The van der Waals surface area contributed by atoms with Crippen molar-refractivity contribution in [2.45, 2.75) is 31.6 Å². The van der Waals surface area contributed by atoms with E-state index < -0.39 is 0 Å². The lowest BCUT2D eigenvalue weighted by molar-refractivity contribution is -0.116. The van der Waals surface area contributed by atoms with Gasteiger partial charge in [0.25, 0.3) is 0 Å². The number of aromatic nitrogens is 1. The van der Waals surface area contributed by atoms with Crippen LogP contribution in [0.3, 0.4) is 0 Å². The van der Waals surface area contributed by atoms with Crippen LogP contribution in [-0.4, -0.2) is 61.3 Å². The van der Waals surface area contributed by atoms with Gasteiger partial charge in [0.2, 0.25) is 11.7 Å². The van der Waals surface area contributed by atoms with E-state index in [2.05, 4.69) is 45.7 Å². The molecule has 0 unspecified atom stereocenters. The Hall–Kier alpha value is -3.71. The van der Waals surface area contributed by atoms with Gasteiger partial charge in [-0.05, 0) is 80.6 Å². The number of aromatic amines is 1. The molecule has 37 heavy (non-hydrogen) atoms. The van der Waals surface area contributed by atoms with Crippen molar-refractivity contribution in [2.75, 3.05) is 40.4 Å². The van der Waals surface area contributed by atoms with Crippen molar-refractivity contribution < 1.29 is 19.4 Å². The minimum atomic E-state index is -0.106. The van der Waals surface area contributed by atoms with Crippen molar-refractivity contribution in [1.82, 2.24) is 15.2 Å². The van der Waals surface area contributed by atoms with Gasteiger partial charge in [0.05, 0.1) is 14.2 Å². The molecule has 1 fully saturated rings. The quantitative estimate of drug-likeness (QED) is 0.189. The normalized spacial score (nSPS) is 15.1. The summed E-state index contributed by atoms with van der Waals surface area (Å²) in [6.07, 6.45) is 13.4. The topological polar surface area (TPSA) is 86.8 Å². The van der Waals surface area contributed by atoms with Crippen LogP contribution in [0.4, 0.5) is 0 Å². The summed E-state index contributed by atoms with van der Waals surface area (Å²) in [6, 6.07) is 12.0. The number of hydrogen-bond acceptors (Lipinski definition) is 5. The number of amides is 1. The first-order valence-corrected chi connectivity index (χ1v) is 12.9. The summed E-state index contributed by atoms with van der Waals surface area (Å²) in [5.41, 5.74) is 3.48. The molecule has 196 valence electrons. The van der Waals surface area contributed by atoms with Crippen LogP contribution in [0, 0.1) is 0 Å². The van der Waals surface area contributed by atoms with Gasteiger partial charge in [0, 0.05) is 29.7 Å². The van der Waals surface area contributed by atoms with Crippen LogP contribution in [0.1, 0.15) is 42.7 Å². The molecular formula is C30H37N3O4. The van der Waals surface area contributed by atoms with Gasteiger partial charge in [-0.1, -0.05) is 36.4 Å². The van der Waals surface area contributed by atoms with Crippen LogP contribution in [0.15, 0.2) is 60.8 Å². The molecule has 1 saturated heterocycles. The predicted molar refractivity (Wildman–Crippen MR) is 148 cm³/mol. The molecule has 3 aromatic rings. The third-order valence-electron chi connectivity index (χ3n) is 7.00. The highest BCUT2D eigenvalue weighted by Gasteiger charge is 2.22. The number of methoxy groups -OCH3 is 2. The number of nitrogens with zero attached hydrogens (tertiary/aromatic N) is 1. The first-order chi connectivity index (χ1) is 18.1. The third kappa shape index (κ3) is 6.95. The summed E-state index contributed by atoms with van der Waals surface area (Å²) in [4.78, 5) is 18.0. The zero-order valence-electron chi connectivity index (χ0n) is 21.7. The Labute approximate surface area is 218 Å². The molecule has 1 aliphatic heterocycles. The number of allylic oxidation sites excluding steroid dienone is 2. The summed E-state index contributed by atoms with van der Waals surface area (Å²) >= 11 is 0. The molecule has 0 bridgehead atoms. The van der Waals surface area contributed by atoms with Gasteiger partial charge in [-0.2, -0.15) is 0 Å². The molecule has 0 aliphatic carbocycles. The number of rotatable bonds is 11. The fraction of sp³-hybridized carbons (Fsp3) is 0.367. The Kier molecular flexibility index (Phi) is 9.27. The molecule has 0 atom stereocenters. The van der Waals surface area contributed by atoms with Crippen LogP contribution >= 0.6 is 0 Å². The Bertz CT molecular complexity index is 1210. The van der Waals surface area contributed by atoms with Crippen molar-refractivity contribution >= 4 is 22.9 Å². The van der Waals surface area contributed by atoms with Gasteiger partial charge in [-0.25, -0.2) is 0 Å². The van der Waals surface area contributed by atoms with E-state index in [0.717, 1.165) is 38.0 Å². The molecule has 2 heterocycles. The van der Waals surface area contributed by atoms with Gasteiger partial charge in [0.15, 0.2) is 11.5 Å². The maximum atomic E-state index is 12.1. The molecular weight excluding hydrogens is 466 g/mol. The summed E-state index contributed by atoms with van der Waals surface area (Å²) < 4.78 is 10.3. The highest BCUT2D eigenvalue weighted by molar-refractivity contribution is 5.87. The van der Waals surface area contributed by atoms with E-state index in [1.54, 1.807) is 24.3 Å². The second-order valence-corrected chi connectivity index (χ2v) is 9.40. The number of hydrogen-bond donors (Lipinski definition) is 3. The Morgan fingerprint density at radius 3 is 2.57 bits per heavy atom. The van der Waals surface area contributed by atoms with Crippen LogP contribution in [0.25, 0.3) is 17.0 Å². The molecule has 0 radical (unpaired) electrons. The van der Waals surface area contributed by atoms with Gasteiger partial charge >= 0.3 is 0 Å². The second-order valence-electron chi connectivity index (χ2n) is 9.40. The van der Waals surface area contributed by atoms with Crippen molar-refractivity contribution in [3.8, 4) is 17.2 Å². The Morgan fingerprint density at radius 2 is 1.84 bits per heavy atom. The van der Waals surface area contributed by atoms with Gasteiger partial charge in [-0.3, -0.25) is 4.79 Å².